The van der Waals surface area contributed by atoms with E-state index in [0.29, 0.717) is 0 Å². The van der Waals surface area contributed by atoms with Crippen LogP contribution in [0, 0.1) is 0 Å². The second-order valence-corrected chi connectivity index (χ2v) is 10.8. The summed E-state index contributed by atoms with van der Waals surface area (Å²) in [6.07, 6.45) is 3.28. The highest BCUT2D eigenvalue weighted by Gasteiger charge is 2.34. The van der Waals surface area contributed by atoms with Gasteiger partial charge in [-0.25, -0.2) is 0 Å². The van der Waals surface area contributed by atoms with Crippen LogP contribution < -0.4 is 0 Å². The van der Waals surface area contributed by atoms with Gasteiger partial charge in [0, 0.05) is 0 Å². The maximum Gasteiger partial charge on any atom is 0.380 e. The zero-order valence-electron chi connectivity index (χ0n) is 5.77. The number of ether oxygens (including phenoxy) is 1. The second kappa shape index (κ2) is 4.49. The fraction of sp³-hybridized carbons (Fsp3) is 0.600. The Labute approximate surface area is 76.0 Å². The molecule has 5 heteroatoms. The average Bonchev–Trinajstić information content (AvgIpc) is 1.80. The van der Waals surface area contributed by atoms with Crippen molar-refractivity contribution in [2.24, 2.45) is 0 Å². The van der Waals surface area contributed by atoms with Crippen LogP contribution in [0.1, 0.15) is 13.8 Å². The van der Waals surface area contributed by atoms with Crippen molar-refractivity contribution in [3.63, 3.8) is 0 Å². The van der Waals surface area contributed by atoms with E-state index in [4.69, 9.17) is 38.0 Å². The Morgan fingerprint density at radius 3 is 2.20 bits per heavy atom. The molecule has 0 aromatic rings. The Bertz CT molecular complexity index is 121. The van der Waals surface area contributed by atoms with E-state index in [1.165, 1.54) is 6.26 Å². The van der Waals surface area contributed by atoms with Crippen LogP contribution in [-0.4, -0.2) is 11.7 Å². The summed E-state index contributed by atoms with van der Waals surface area (Å²) in [6.45, 7) is 3.59. The van der Waals surface area contributed by atoms with Gasteiger partial charge in [0.2, 0.25) is 0 Å². The average molecular weight is 220 g/mol. The molecule has 0 aliphatic carbocycles. The molecular formula is C5H9Cl3OSi. The third-order valence-electron chi connectivity index (χ3n) is 0.880. The molecule has 0 aliphatic rings. The minimum Gasteiger partial charge on any atom is -0.498 e. The van der Waals surface area contributed by atoms with Crippen LogP contribution in [0.2, 0.25) is 0 Å². The van der Waals surface area contributed by atoms with E-state index in [0.717, 1.165) is 0 Å². The van der Waals surface area contributed by atoms with E-state index in [2.05, 4.69) is 0 Å². The number of allylic oxidation sites excluding steroid dienone is 1. The van der Waals surface area contributed by atoms with E-state index in [9.17, 15) is 0 Å². The van der Waals surface area contributed by atoms with Gasteiger partial charge in [0.15, 0.2) is 0 Å². The zero-order valence-corrected chi connectivity index (χ0v) is 9.04. The van der Waals surface area contributed by atoms with Crippen molar-refractivity contribution >= 4 is 39.2 Å². The monoisotopic (exact) mass is 218 g/mol. The zero-order chi connectivity index (χ0) is 8.20. The van der Waals surface area contributed by atoms with Gasteiger partial charge < -0.3 is 4.74 Å². The van der Waals surface area contributed by atoms with Gasteiger partial charge in [-0.1, -0.05) is 6.08 Å². The maximum absolute atomic E-state index is 5.63. The van der Waals surface area contributed by atoms with Crippen molar-refractivity contribution in [2.45, 2.75) is 19.6 Å². The van der Waals surface area contributed by atoms with E-state index >= 15 is 0 Å². The van der Waals surface area contributed by atoms with Crippen LogP contribution in [0.25, 0.3) is 0 Å². The molecule has 1 atom stereocenters. The lowest BCUT2D eigenvalue weighted by Gasteiger charge is -2.16. The summed E-state index contributed by atoms with van der Waals surface area (Å²) in [7, 11) is 0. The Morgan fingerprint density at radius 1 is 1.40 bits per heavy atom. The molecule has 60 valence electrons. The molecule has 0 aromatic heterocycles. The molecule has 0 saturated carbocycles. The van der Waals surface area contributed by atoms with E-state index in [1.54, 1.807) is 13.0 Å². The highest BCUT2D eigenvalue weighted by molar-refractivity contribution is 7.65. The molecule has 0 rings (SSSR count). The number of hydrogen-bond acceptors (Lipinski definition) is 1. The lowest BCUT2D eigenvalue weighted by Crippen LogP contribution is -2.29. The summed E-state index contributed by atoms with van der Waals surface area (Å²) in [6, 6.07) is -2.65. The summed E-state index contributed by atoms with van der Waals surface area (Å²) < 4.78 is 5.04. The van der Waals surface area contributed by atoms with Gasteiger partial charge in [-0.15, -0.1) is 33.2 Å². The van der Waals surface area contributed by atoms with Crippen molar-refractivity contribution in [1.29, 1.82) is 0 Å². The standard InChI is InChI=1S/C5H9Cl3OSi/c1-3-4-9-5(2)10(6,7)8/h3-5H,1-2H3. The van der Waals surface area contributed by atoms with Crippen molar-refractivity contribution < 1.29 is 4.74 Å². The summed E-state index contributed by atoms with van der Waals surface area (Å²) in [5.74, 6) is 0. The van der Waals surface area contributed by atoms with Crippen molar-refractivity contribution in [2.75, 3.05) is 0 Å². The minimum absolute atomic E-state index is 0.284. The van der Waals surface area contributed by atoms with E-state index in [-0.39, 0.29) is 5.73 Å². The largest absolute Gasteiger partial charge is 0.498 e. The Morgan fingerprint density at radius 2 is 1.90 bits per heavy atom. The SMILES string of the molecule is CC=COC(C)[Si](Cl)(Cl)Cl. The van der Waals surface area contributed by atoms with Crippen LogP contribution in [-0.2, 0) is 4.74 Å². The number of halogens is 3. The van der Waals surface area contributed by atoms with Crippen LogP contribution in [0.3, 0.4) is 0 Å². The summed E-state index contributed by atoms with van der Waals surface area (Å²) >= 11 is 16.9. The van der Waals surface area contributed by atoms with Crippen LogP contribution >= 0.6 is 33.2 Å². The van der Waals surface area contributed by atoms with Gasteiger partial charge in [-0.05, 0) is 13.8 Å². The van der Waals surface area contributed by atoms with Crippen LogP contribution in [0.15, 0.2) is 12.3 Å². The molecule has 0 aromatic carbocycles. The molecule has 0 heterocycles. The molecule has 1 nitrogen and oxygen atoms in total. The molecule has 10 heavy (non-hydrogen) atoms. The van der Waals surface area contributed by atoms with Crippen molar-refractivity contribution in [3.8, 4) is 0 Å². The molecule has 0 radical (unpaired) electrons. The Hall–Kier alpha value is 0.627. The first kappa shape index (κ1) is 10.6. The minimum atomic E-state index is -2.65. The molecule has 0 N–H and O–H groups in total. The predicted octanol–water partition coefficient (Wildman–Crippen LogP) is 3.12. The van der Waals surface area contributed by atoms with Gasteiger partial charge in [0.05, 0.1) is 6.26 Å². The number of hydrogen-bond donors (Lipinski definition) is 0. The van der Waals surface area contributed by atoms with Gasteiger partial charge in [0.1, 0.15) is 5.73 Å². The maximum atomic E-state index is 5.63. The van der Waals surface area contributed by atoms with Gasteiger partial charge in [-0.2, -0.15) is 0 Å². The smallest absolute Gasteiger partial charge is 0.380 e. The first-order chi connectivity index (χ1) is 4.48. The predicted molar refractivity (Wildman–Crippen MR) is 48.7 cm³/mol. The lowest BCUT2D eigenvalue weighted by molar-refractivity contribution is 0.228. The summed E-state index contributed by atoms with van der Waals surface area (Å²) in [5.41, 5.74) is -0.284. The van der Waals surface area contributed by atoms with E-state index < -0.39 is 6.00 Å². The second-order valence-electron chi connectivity index (χ2n) is 1.79. The summed E-state index contributed by atoms with van der Waals surface area (Å²) in [5, 5.41) is 0. The van der Waals surface area contributed by atoms with Gasteiger partial charge in [0.25, 0.3) is 0 Å². The molecular weight excluding hydrogens is 210 g/mol. The Kier molecular flexibility index (Phi) is 4.78. The van der Waals surface area contributed by atoms with Gasteiger partial charge in [-0.3, -0.25) is 0 Å². The van der Waals surface area contributed by atoms with Gasteiger partial charge >= 0.3 is 6.00 Å². The lowest BCUT2D eigenvalue weighted by atomic mass is 10.7. The molecule has 0 amide bonds. The first-order valence-corrected chi connectivity index (χ1v) is 7.93. The Balaban J connectivity index is 3.73. The molecule has 0 saturated heterocycles. The summed E-state index contributed by atoms with van der Waals surface area (Å²) in [4.78, 5) is 0. The normalized spacial score (nSPS) is 15.7. The first-order valence-electron chi connectivity index (χ1n) is 2.82. The fourth-order valence-corrected chi connectivity index (χ4v) is 0.969. The fourth-order valence-electron chi connectivity index (χ4n) is 0.274. The van der Waals surface area contributed by atoms with E-state index in [1.807, 2.05) is 6.92 Å². The third-order valence-corrected chi connectivity index (χ3v) is 4.70. The van der Waals surface area contributed by atoms with Crippen LogP contribution in [0.4, 0.5) is 0 Å². The molecule has 0 aliphatic heterocycles. The van der Waals surface area contributed by atoms with Crippen molar-refractivity contribution in [3.05, 3.63) is 12.3 Å². The molecule has 0 fully saturated rings. The highest BCUT2D eigenvalue weighted by Crippen LogP contribution is 2.25. The highest BCUT2D eigenvalue weighted by atomic mass is 35.8. The van der Waals surface area contributed by atoms with Crippen molar-refractivity contribution in [1.82, 2.24) is 0 Å². The third kappa shape index (κ3) is 4.44. The molecule has 0 bridgehead atoms. The quantitative estimate of drug-likeness (QED) is 0.403. The van der Waals surface area contributed by atoms with Crippen LogP contribution in [0.5, 0.6) is 0 Å². The topological polar surface area (TPSA) is 9.23 Å². The number of rotatable bonds is 3. The molecule has 0 spiro atoms. The molecule has 1 unspecified atom stereocenters.